The Morgan fingerprint density at radius 3 is 2.77 bits per heavy atom. The van der Waals surface area contributed by atoms with Gasteiger partial charge in [-0.2, -0.15) is 0 Å². The normalized spacial score (nSPS) is 10.5. The quantitative estimate of drug-likeness (QED) is 0.829. The Hall–Kier alpha value is -1.92. The van der Waals surface area contributed by atoms with E-state index in [1.54, 1.807) is 36.9 Å². The topological polar surface area (TPSA) is 68.7 Å². The molecule has 5 nitrogen and oxygen atoms in total. The van der Waals surface area contributed by atoms with Crippen molar-refractivity contribution in [3.8, 4) is 5.75 Å². The van der Waals surface area contributed by atoms with E-state index >= 15 is 0 Å². The molecule has 1 aromatic heterocycles. The molecular weight excluding hydrogens is 300 g/mol. The maximum Gasteiger partial charge on any atom is 0.257 e. The van der Waals surface area contributed by atoms with E-state index < -0.39 is 0 Å². The van der Waals surface area contributed by atoms with E-state index in [-0.39, 0.29) is 12.5 Å². The van der Waals surface area contributed by atoms with Crippen molar-refractivity contribution in [2.24, 2.45) is 5.73 Å². The molecule has 0 spiro atoms. The molecule has 0 aliphatic rings. The molecule has 2 N–H and O–H groups in total. The van der Waals surface area contributed by atoms with E-state index in [0.29, 0.717) is 17.9 Å². The maximum atomic E-state index is 12.3. The number of nitrogens with zero attached hydrogens (tertiary/aromatic N) is 1. The third kappa shape index (κ3) is 3.64. The first-order valence-electron chi connectivity index (χ1n) is 6.83. The largest absolute Gasteiger partial charge is 0.496 e. The van der Waals surface area contributed by atoms with E-state index in [1.807, 2.05) is 24.5 Å². The smallest absolute Gasteiger partial charge is 0.257 e. The molecule has 0 aliphatic carbocycles. The highest BCUT2D eigenvalue weighted by molar-refractivity contribution is 7.98. The van der Waals surface area contributed by atoms with Crippen LogP contribution in [0.1, 0.15) is 21.7 Å². The summed E-state index contributed by atoms with van der Waals surface area (Å²) in [5.74, 6) is 1.32. The highest BCUT2D eigenvalue weighted by atomic mass is 32.2. The molecule has 0 radical (unpaired) electrons. The zero-order chi connectivity index (χ0) is 16.1. The Labute approximate surface area is 134 Å². The predicted octanol–water partition coefficient (Wildman–Crippen LogP) is 2.74. The van der Waals surface area contributed by atoms with Gasteiger partial charge in [0.05, 0.1) is 19.2 Å². The number of carbonyl (C=O) groups excluding carboxylic acids is 1. The summed E-state index contributed by atoms with van der Waals surface area (Å²) in [5.41, 5.74) is 7.01. The van der Waals surface area contributed by atoms with E-state index in [0.717, 1.165) is 16.2 Å². The molecule has 2 aromatic rings. The Balaban J connectivity index is 2.10. The second-order valence-corrected chi connectivity index (χ2v) is 5.70. The van der Waals surface area contributed by atoms with Gasteiger partial charge in [0, 0.05) is 18.5 Å². The Bertz CT molecular complexity index is 655. The number of carbonyl (C=O) groups is 1. The lowest BCUT2D eigenvalue weighted by Crippen LogP contribution is -2.25. The van der Waals surface area contributed by atoms with Gasteiger partial charge in [0.25, 0.3) is 5.91 Å². The Kier molecular flexibility index (Phi) is 5.51. The minimum absolute atomic E-state index is 0.101. The van der Waals surface area contributed by atoms with Crippen LogP contribution in [0, 0.1) is 0 Å². The molecule has 1 aromatic carbocycles. The van der Waals surface area contributed by atoms with Gasteiger partial charge in [-0.25, -0.2) is 0 Å². The molecule has 22 heavy (non-hydrogen) atoms. The van der Waals surface area contributed by atoms with Crippen molar-refractivity contribution in [2.45, 2.75) is 18.0 Å². The van der Waals surface area contributed by atoms with Crippen LogP contribution in [-0.2, 0) is 13.1 Å². The number of hydrogen-bond donors (Lipinski definition) is 1. The number of nitrogens with two attached hydrogens (primary N) is 1. The number of furan rings is 1. The van der Waals surface area contributed by atoms with Gasteiger partial charge in [-0.05, 0) is 30.0 Å². The summed E-state index contributed by atoms with van der Waals surface area (Å²) in [6.45, 7) is 0.775. The van der Waals surface area contributed by atoms with Gasteiger partial charge in [-0.15, -0.1) is 11.8 Å². The summed E-state index contributed by atoms with van der Waals surface area (Å²) in [4.78, 5) is 15.1. The zero-order valence-electron chi connectivity index (χ0n) is 13.0. The highest BCUT2D eigenvalue weighted by Crippen LogP contribution is 2.28. The molecule has 0 unspecified atom stereocenters. The summed E-state index contributed by atoms with van der Waals surface area (Å²) in [6, 6.07) is 7.63. The number of rotatable bonds is 6. The lowest BCUT2D eigenvalue weighted by molar-refractivity contribution is 0.0784. The van der Waals surface area contributed by atoms with Crippen LogP contribution >= 0.6 is 11.8 Å². The van der Waals surface area contributed by atoms with E-state index in [2.05, 4.69) is 0 Å². The van der Waals surface area contributed by atoms with Gasteiger partial charge in [-0.1, -0.05) is 6.07 Å². The lowest BCUT2D eigenvalue weighted by Gasteiger charge is -2.17. The fourth-order valence-electron chi connectivity index (χ4n) is 2.14. The van der Waals surface area contributed by atoms with Gasteiger partial charge in [0.15, 0.2) is 0 Å². The first-order chi connectivity index (χ1) is 10.6. The van der Waals surface area contributed by atoms with Crippen LogP contribution in [0.25, 0.3) is 0 Å². The number of hydrogen-bond acceptors (Lipinski definition) is 5. The van der Waals surface area contributed by atoms with Crippen molar-refractivity contribution >= 4 is 17.7 Å². The van der Waals surface area contributed by atoms with Gasteiger partial charge >= 0.3 is 0 Å². The van der Waals surface area contributed by atoms with Crippen molar-refractivity contribution < 1.29 is 13.9 Å². The molecule has 0 fully saturated rings. The van der Waals surface area contributed by atoms with Crippen LogP contribution in [0.5, 0.6) is 5.75 Å². The van der Waals surface area contributed by atoms with Gasteiger partial charge in [-0.3, -0.25) is 4.79 Å². The summed E-state index contributed by atoms with van der Waals surface area (Å²) in [6.07, 6.45) is 3.44. The molecule has 6 heteroatoms. The average Bonchev–Trinajstić information content (AvgIpc) is 3.02. The summed E-state index contributed by atoms with van der Waals surface area (Å²) < 4.78 is 10.6. The standard InChI is InChI=1S/C16H20N2O3S/c1-18(16(19)12-7-13(8-17)21-10-12)9-11-4-5-15(22-3)14(6-11)20-2/h4-7,10H,8-9,17H2,1-3H3. The summed E-state index contributed by atoms with van der Waals surface area (Å²) in [7, 11) is 3.40. The van der Waals surface area contributed by atoms with Crippen molar-refractivity contribution in [1.29, 1.82) is 0 Å². The monoisotopic (exact) mass is 320 g/mol. The van der Waals surface area contributed by atoms with Crippen molar-refractivity contribution in [1.82, 2.24) is 4.90 Å². The predicted molar refractivity (Wildman–Crippen MR) is 87.2 cm³/mol. The molecule has 0 saturated carbocycles. The van der Waals surface area contributed by atoms with Crippen LogP contribution in [-0.4, -0.2) is 31.2 Å². The summed E-state index contributed by atoms with van der Waals surface area (Å²) >= 11 is 1.63. The van der Waals surface area contributed by atoms with Crippen molar-refractivity contribution in [2.75, 3.05) is 20.4 Å². The molecular formula is C16H20N2O3S. The number of benzene rings is 1. The van der Waals surface area contributed by atoms with Crippen LogP contribution in [0.2, 0.25) is 0 Å². The number of amides is 1. The second kappa shape index (κ2) is 7.38. The van der Waals surface area contributed by atoms with E-state index in [4.69, 9.17) is 14.9 Å². The second-order valence-electron chi connectivity index (χ2n) is 4.86. The first-order valence-corrected chi connectivity index (χ1v) is 8.05. The molecule has 2 rings (SSSR count). The zero-order valence-corrected chi connectivity index (χ0v) is 13.8. The van der Waals surface area contributed by atoms with Crippen LogP contribution < -0.4 is 10.5 Å². The Morgan fingerprint density at radius 2 is 2.18 bits per heavy atom. The molecule has 0 atom stereocenters. The van der Waals surface area contributed by atoms with Gasteiger partial charge in [0.2, 0.25) is 0 Å². The molecule has 1 amide bonds. The van der Waals surface area contributed by atoms with E-state index in [1.165, 1.54) is 6.26 Å². The maximum absolute atomic E-state index is 12.3. The molecule has 0 aliphatic heterocycles. The van der Waals surface area contributed by atoms with E-state index in [9.17, 15) is 4.79 Å². The fourth-order valence-corrected chi connectivity index (χ4v) is 2.69. The summed E-state index contributed by atoms with van der Waals surface area (Å²) in [5, 5.41) is 0. The molecule has 1 heterocycles. The molecule has 0 saturated heterocycles. The fraction of sp³-hybridized carbons (Fsp3) is 0.312. The van der Waals surface area contributed by atoms with Crippen molar-refractivity contribution in [3.05, 3.63) is 47.4 Å². The SMILES string of the molecule is COc1cc(CN(C)C(=O)c2coc(CN)c2)ccc1SC. The highest BCUT2D eigenvalue weighted by Gasteiger charge is 2.15. The van der Waals surface area contributed by atoms with Gasteiger partial charge in [0.1, 0.15) is 17.8 Å². The number of ether oxygens (including phenoxy) is 1. The Morgan fingerprint density at radius 1 is 1.41 bits per heavy atom. The number of methoxy groups -OCH3 is 1. The average molecular weight is 320 g/mol. The van der Waals surface area contributed by atoms with Crippen LogP contribution in [0.15, 0.2) is 39.8 Å². The van der Waals surface area contributed by atoms with Crippen molar-refractivity contribution in [3.63, 3.8) is 0 Å². The third-order valence-electron chi connectivity index (χ3n) is 3.32. The van der Waals surface area contributed by atoms with Crippen LogP contribution in [0.4, 0.5) is 0 Å². The third-order valence-corrected chi connectivity index (χ3v) is 4.09. The van der Waals surface area contributed by atoms with Crippen LogP contribution in [0.3, 0.4) is 0 Å². The number of thioether (sulfide) groups is 1. The minimum Gasteiger partial charge on any atom is -0.496 e. The lowest BCUT2D eigenvalue weighted by atomic mass is 10.2. The molecule has 118 valence electrons. The molecule has 0 bridgehead atoms. The first kappa shape index (κ1) is 16.5. The minimum atomic E-state index is -0.101. The van der Waals surface area contributed by atoms with Gasteiger partial charge < -0.3 is 19.8 Å².